The molecular formula is C32H31N3O2S. The van der Waals surface area contributed by atoms with Gasteiger partial charge in [-0.2, -0.15) is 0 Å². The average molecular weight is 522 g/mol. The first-order valence-corrected chi connectivity index (χ1v) is 14.4. The van der Waals surface area contributed by atoms with E-state index in [2.05, 4.69) is 23.5 Å². The summed E-state index contributed by atoms with van der Waals surface area (Å²) in [6.45, 7) is 0.471. The van der Waals surface area contributed by atoms with Gasteiger partial charge in [0.1, 0.15) is 0 Å². The number of nitrogens with zero attached hydrogens (tertiary/aromatic N) is 2. The van der Waals surface area contributed by atoms with Gasteiger partial charge in [-0.05, 0) is 42.5 Å². The van der Waals surface area contributed by atoms with Gasteiger partial charge in [0, 0.05) is 17.5 Å². The molecule has 0 aliphatic heterocycles. The first kappa shape index (κ1) is 24.7. The maximum atomic E-state index is 14.5. The number of amides is 1. The van der Waals surface area contributed by atoms with E-state index in [0.717, 1.165) is 60.2 Å². The highest BCUT2D eigenvalue weighted by molar-refractivity contribution is 7.99. The minimum atomic E-state index is -0.182. The van der Waals surface area contributed by atoms with Crippen molar-refractivity contribution in [2.45, 2.75) is 55.6 Å². The van der Waals surface area contributed by atoms with Gasteiger partial charge >= 0.3 is 0 Å². The largest absolute Gasteiger partial charge is 0.351 e. The number of hydrogen-bond donors (Lipinski definition) is 1. The lowest BCUT2D eigenvalue weighted by Gasteiger charge is -2.42. The SMILES string of the molecule is O=C(CSc1nc2c(c(=O)n1-c1ccccc1)C1(CCCCC1)Cc1ccccc1-2)NCc1ccccc1. The molecule has 0 bridgehead atoms. The van der Waals surface area contributed by atoms with Crippen molar-refractivity contribution < 1.29 is 4.79 Å². The highest BCUT2D eigenvalue weighted by atomic mass is 32.2. The first-order valence-electron chi connectivity index (χ1n) is 13.4. The number of nitrogens with one attached hydrogen (secondary N) is 1. The Labute approximate surface area is 227 Å². The maximum absolute atomic E-state index is 14.5. The lowest BCUT2D eigenvalue weighted by Crippen LogP contribution is -2.43. The van der Waals surface area contributed by atoms with Crippen molar-refractivity contribution in [2.75, 3.05) is 5.75 Å². The number of carbonyl (C=O) groups is 1. The van der Waals surface area contributed by atoms with Gasteiger partial charge in [-0.3, -0.25) is 14.2 Å². The minimum Gasteiger partial charge on any atom is -0.351 e. The van der Waals surface area contributed by atoms with E-state index in [9.17, 15) is 9.59 Å². The van der Waals surface area contributed by atoms with Gasteiger partial charge in [-0.25, -0.2) is 4.98 Å². The van der Waals surface area contributed by atoms with E-state index in [1.807, 2.05) is 66.7 Å². The molecule has 1 amide bonds. The summed E-state index contributed by atoms with van der Waals surface area (Å²) in [6.07, 6.45) is 6.37. The Hall–Kier alpha value is -3.64. The molecule has 5 nitrogen and oxygen atoms in total. The van der Waals surface area contributed by atoms with Crippen LogP contribution < -0.4 is 10.9 Å². The molecule has 192 valence electrons. The third-order valence-electron chi connectivity index (χ3n) is 7.87. The Bertz CT molecular complexity index is 1510. The molecule has 2 aliphatic carbocycles. The van der Waals surface area contributed by atoms with Crippen molar-refractivity contribution >= 4 is 17.7 Å². The summed E-state index contributed by atoms with van der Waals surface area (Å²) < 4.78 is 1.73. The summed E-state index contributed by atoms with van der Waals surface area (Å²) >= 11 is 1.32. The Morgan fingerprint density at radius 3 is 2.34 bits per heavy atom. The van der Waals surface area contributed by atoms with Crippen LogP contribution in [-0.4, -0.2) is 21.2 Å². The second-order valence-corrected chi connectivity index (χ2v) is 11.3. The molecule has 1 heterocycles. The van der Waals surface area contributed by atoms with Gasteiger partial charge in [-0.1, -0.05) is 104 Å². The highest BCUT2D eigenvalue weighted by Gasteiger charge is 2.43. The lowest BCUT2D eigenvalue weighted by molar-refractivity contribution is -0.118. The topological polar surface area (TPSA) is 64.0 Å². The van der Waals surface area contributed by atoms with Crippen molar-refractivity contribution in [1.29, 1.82) is 0 Å². The number of carbonyl (C=O) groups excluding carboxylic acids is 1. The third-order valence-corrected chi connectivity index (χ3v) is 8.81. The molecule has 0 unspecified atom stereocenters. The van der Waals surface area contributed by atoms with E-state index in [1.54, 1.807) is 4.57 Å². The van der Waals surface area contributed by atoms with Crippen LogP contribution in [0.1, 0.15) is 48.8 Å². The predicted octanol–water partition coefficient (Wildman–Crippen LogP) is 6.07. The smallest absolute Gasteiger partial charge is 0.263 e. The fourth-order valence-electron chi connectivity index (χ4n) is 6.07. The number of benzene rings is 3. The van der Waals surface area contributed by atoms with E-state index < -0.39 is 0 Å². The van der Waals surface area contributed by atoms with Gasteiger partial charge in [0.05, 0.1) is 22.7 Å². The van der Waals surface area contributed by atoms with Crippen molar-refractivity contribution in [1.82, 2.24) is 14.9 Å². The van der Waals surface area contributed by atoms with Crippen LogP contribution in [0.5, 0.6) is 0 Å². The van der Waals surface area contributed by atoms with Crippen molar-refractivity contribution in [3.63, 3.8) is 0 Å². The Morgan fingerprint density at radius 1 is 0.895 bits per heavy atom. The monoisotopic (exact) mass is 521 g/mol. The first-order chi connectivity index (χ1) is 18.6. The quantitative estimate of drug-likeness (QED) is 0.247. The maximum Gasteiger partial charge on any atom is 0.263 e. The van der Waals surface area contributed by atoms with Crippen LogP contribution in [0.15, 0.2) is 94.9 Å². The van der Waals surface area contributed by atoms with Gasteiger partial charge in [0.15, 0.2) is 5.16 Å². The average Bonchev–Trinajstić information content (AvgIpc) is 2.96. The second kappa shape index (κ2) is 10.6. The van der Waals surface area contributed by atoms with Crippen LogP contribution in [0.2, 0.25) is 0 Å². The van der Waals surface area contributed by atoms with E-state index in [0.29, 0.717) is 11.7 Å². The Balaban J connectivity index is 1.42. The van der Waals surface area contributed by atoms with E-state index in [-0.39, 0.29) is 22.6 Å². The number of rotatable bonds is 6. The second-order valence-electron chi connectivity index (χ2n) is 10.3. The summed E-state index contributed by atoms with van der Waals surface area (Å²) in [6, 6.07) is 28.0. The molecule has 0 atom stereocenters. The highest BCUT2D eigenvalue weighted by Crippen LogP contribution is 2.49. The number of aromatic nitrogens is 2. The van der Waals surface area contributed by atoms with Crippen LogP contribution in [0.3, 0.4) is 0 Å². The third kappa shape index (κ3) is 4.69. The van der Waals surface area contributed by atoms with Gasteiger partial charge in [0.2, 0.25) is 5.91 Å². The molecule has 0 radical (unpaired) electrons. The zero-order valence-electron chi connectivity index (χ0n) is 21.4. The van der Waals surface area contributed by atoms with Crippen LogP contribution in [0.4, 0.5) is 0 Å². The lowest BCUT2D eigenvalue weighted by atomic mass is 9.62. The van der Waals surface area contributed by atoms with Crippen molar-refractivity contribution in [3.05, 3.63) is 112 Å². The van der Waals surface area contributed by atoms with E-state index >= 15 is 0 Å². The summed E-state index contributed by atoms with van der Waals surface area (Å²) in [5.74, 6) is 0.0899. The molecule has 38 heavy (non-hydrogen) atoms. The van der Waals surface area contributed by atoms with Crippen LogP contribution in [-0.2, 0) is 23.2 Å². The molecule has 1 aromatic heterocycles. The summed E-state index contributed by atoms with van der Waals surface area (Å²) in [5, 5.41) is 3.55. The zero-order chi connectivity index (χ0) is 26.0. The van der Waals surface area contributed by atoms with Gasteiger partial charge in [-0.15, -0.1) is 0 Å². The molecule has 1 saturated carbocycles. The molecule has 6 rings (SSSR count). The van der Waals surface area contributed by atoms with Crippen LogP contribution in [0.25, 0.3) is 16.9 Å². The van der Waals surface area contributed by atoms with Crippen molar-refractivity contribution in [3.8, 4) is 16.9 Å². The van der Waals surface area contributed by atoms with Gasteiger partial charge in [0.25, 0.3) is 5.56 Å². The zero-order valence-corrected chi connectivity index (χ0v) is 22.2. The molecule has 1 spiro atoms. The molecule has 6 heteroatoms. The summed E-state index contributed by atoms with van der Waals surface area (Å²) in [4.78, 5) is 32.5. The number of thioether (sulfide) groups is 1. The van der Waals surface area contributed by atoms with E-state index in [1.165, 1.54) is 23.7 Å². The molecule has 1 fully saturated rings. The Morgan fingerprint density at radius 2 is 1.58 bits per heavy atom. The molecular weight excluding hydrogens is 490 g/mol. The molecule has 1 N–H and O–H groups in total. The standard InChI is InChI=1S/C32H31N3O2S/c36-27(33-21-23-12-4-1-5-13-23)22-38-31-34-29-26-17-9-8-14-24(26)20-32(18-10-3-11-19-32)28(29)30(37)35(31)25-15-6-2-7-16-25/h1-2,4-9,12-17H,3,10-11,18-22H2,(H,33,36). The fraction of sp³-hybridized carbons (Fsp3) is 0.281. The normalized spacial score (nSPS) is 15.5. The summed E-state index contributed by atoms with van der Waals surface area (Å²) in [5.41, 5.74) is 5.63. The molecule has 2 aliphatic rings. The van der Waals surface area contributed by atoms with Crippen LogP contribution >= 0.6 is 11.8 Å². The number of hydrogen-bond acceptors (Lipinski definition) is 4. The van der Waals surface area contributed by atoms with E-state index in [4.69, 9.17) is 4.98 Å². The minimum absolute atomic E-state index is 0.00444. The van der Waals surface area contributed by atoms with Crippen molar-refractivity contribution in [2.24, 2.45) is 0 Å². The molecule has 0 saturated heterocycles. The Kier molecular flexibility index (Phi) is 6.90. The molecule has 3 aromatic carbocycles. The summed E-state index contributed by atoms with van der Waals surface area (Å²) in [7, 11) is 0. The number of para-hydroxylation sites is 1. The fourth-order valence-corrected chi connectivity index (χ4v) is 6.90. The predicted molar refractivity (Wildman–Crippen MR) is 153 cm³/mol. The van der Waals surface area contributed by atoms with Gasteiger partial charge < -0.3 is 5.32 Å². The molecule has 4 aromatic rings. The number of fused-ring (bicyclic) bond motifs is 4. The van der Waals surface area contributed by atoms with Crippen LogP contribution in [0, 0.1) is 0 Å².